The van der Waals surface area contributed by atoms with Gasteiger partial charge in [-0.25, -0.2) is 0 Å². The highest BCUT2D eigenvalue weighted by Gasteiger charge is 2.31. The second-order valence-corrected chi connectivity index (χ2v) is 2.89. The van der Waals surface area contributed by atoms with Crippen LogP contribution in [0.2, 0.25) is 0 Å². The smallest absolute Gasteiger partial charge is 0.310 e. The standard InChI is InChI=1S/C8H15NO2/c1-3-7-6(4-5-9-7)8(10)11-2/h6-7,9H,3-5H2,1-2H3/t6-,7-/m0/s1. The van der Waals surface area contributed by atoms with Crippen molar-refractivity contribution in [2.75, 3.05) is 13.7 Å². The van der Waals surface area contributed by atoms with Gasteiger partial charge >= 0.3 is 5.97 Å². The Hall–Kier alpha value is -0.570. The first-order valence-electron chi connectivity index (χ1n) is 4.10. The van der Waals surface area contributed by atoms with Crippen LogP contribution in [0.25, 0.3) is 0 Å². The fourth-order valence-electron chi connectivity index (χ4n) is 1.63. The van der Waals surface area contributed by atoms with Crippen molar-refractivity contribution < 1.29 is 9.53 Å². The Morgan fingerprint density at radius 1 is 1.73 bits per heavy atom. The highest BCUT2D eigenvalue weighted by Crippen LogP contribution is 2.18. The van der Waals surface area contributed by atoms with E-state index in [4.69, 9.17) is 0 Å². The molecule has 0 radical (unpaired) electrons. The summed E-state index contributed by atoms with van der Waals surface area (Å²) in [5, 5.41) is 3.27. The van der Waals surface area contributed by atoms with Gasteiger partial charge in [-0.05, 0) is 19.4 Å². The SMILES string of the molecule is CC[C@@H]1NCC[C@@H]1C(=O)OC. The molecule has 0 spiro atoms. The lowest BCUT2D eigenvalue weighted by molar-refractivity contribution is -0.145. The van der Waals surface area contributed by atoms with Gasteiger partial charge < -0.3 is 10.1 Å². The Labute approximate surface area is 67.1 Å². The highest BCUT2D eigenvalue weighted by atomic mass is 16.5. The van der Waals surface area contributed by atoms with E-state index in [0.717, 1.165) is 19.4 Å². The second kappa shape index (κ2) is 3.72. The highest BCUT2D eigenvalue weighted by molar-refractivity contribution is 5.73. The third-order valence-corrected chi connectivity index (χ3v) is 2.29. The van der Waals surface area contributed by atoms with Gasteiger partial charge in [0.25, 0.3) is 0 Å². The van der Waals surface area contributed by atoms with E-state index in [1.165, 1.54) is 7.11 Å². The maximum absolute atomic E-state index is 11.1. The third-order valence-electron chi connectivity index (χ3n) is 2.29. The summed E-state index contributed by atoms with van der Waals surface area (Å²) in [5.41, 5.74) is 0. The summed E-state index contributed by atoms with van der Waals surface area (Å²) in [6.45, 7) is 3.02. The molecule has 1 aliphatic rings. The van der Waals surface area contributed by atoms with Crippen LogP contribution in [0.5, 0.6) is 0 Å². The second-order valence-electron chi connectivity index (χ2n) is 2.89. The Bertz CT molecular complexity index is 147. The van der Waals surface area contributed by atoms with Crippen molar-refractivity contribution in [1.29, 1.82) is 0 Å². The van der Waals surface area contributed by atoms with Gasteiger partial charge in [-0.2, -0.15) is 0 Å². The quantitative estimate of drug-likeness (QED) is 0.595. The van der Waals surface area contributed by atoms with E-state index < -0.39 is 0 Å². The molecule has 0 aromatic carbocycles. The molecule has 0 unspecified atom stereocenters. The summed E-state index contributed by atoms with van der Waals surface area (Å²) >= 11 is 0. The number of esters is 1. The molecule has 1 rings (SSSR count). The summed E-state index contributed by atoms with van der Waals surface area (Å²) in [7, 11) is 1.45. The molecule has 0 aliphatic carbocycles. The van der Waals surface area contributed by atoms with E-state index in [-0.39, 0.29) is 11.9 Å². The number of carbonyl (C=O) groups is 1. The van der Waals surface area contributed by atoms with Crippen molar-refractivity contribution in [2.24, 2.45) is 5.92 Å². The molecule has 0 aromatic heterocycles. The van der Waals surface area contributed by atoms with Crippen LogP contribution in [0.1, 0.15) is 19.8 Å². The molecule has 0 bridgehead atoms. The third kappa shape index (κ3) is 1.71. The number of carbonyl (C=O) groups excluding carboxylic acids is 1. The van der Waals surface area contributed by atoms with Crippen molar-refractivity contribution in [3.63, 3.8) is 0 Å². The normalized spacial score (nSPS) is 30.4. The average Bonchev–Trinajstić information content (AvgIpc) is 2.50. The predicted molar refractivity (Wildman–Crippen MR) is 42.2 cm³/mol. The monoisotopic (exact) mass is 157 g/mol. The van der Waals surface area contributed by atoms with Crippen molar-refractivity contribution >= 4 is 5.97 Å². The molecule has 1 aliphatic heterocycles. The maximum Gasteiger partial charge on any atom is 0.310 e. The first-order valence-corrected chi connectivity index (χ1v) is 4.10. The molecule has 1 heterocycles. The van der Waals surface area contributed by atoms with E-state index in [9.17, 15) is 4.79 Å². The van der Waals surface area contributed by atoms with Gasteiger partial charge in [0.2, 0.25) is 0 Å². The van der Waals surface area contributed by atoms with E-state index in [1.54, 1.807) is 0 Å². The summed E-state index contributed by atoms with van der Waals surface area (Å²) in [6, 6.07) is 0.336. The fraction of sp³-hybridized carbons (Fsp3) is 0.875. The van der Waals surface area contributed by atoms with Gasteiger partial charge in [-0.15, -0.1) is 0 Å². The number of rotatable bonds is 2. The molecule has 0 saturated carbocycles. The van der Waals surface area contributed by atoms with Crippen LogP contribution in [0, 0.1) is 5.92 Å². The molecular formula is C8H15NO2. The zero-order valence-corrected chi connectivity index (χ0v) is 7.09. The molecule has 3 nitrogen and oxygen atoms in total. The van der Waals surface area contributed by atoms with Gasteiger partial charge in [0.1, 0.15) is 0 Å². The first kappa shape index (κ1) is 8.53. The molecule has 2 atom stereocenters. The maximum atomic E-state index is 11.1. The van der Waals surface area contributed by atoms with Gasteiger partial charge in [-0.3, -0.25) is 4.79 Å². The molecule has 0 aromatic rings. The number of hydrogen-bond acceptors (Lipinski definition) is 3. The number of methoxy groups -OCH3 is 1. The predicted octanol–water partition coefficient (Wildman–Crippen LogP) is 0.547. The van der Waals surface area contributed by atoms with Crippen LogP contribution in [-0.4, -0.2) is 25.7 Å². The molecule has 3 heteroatoms. The van der Waals surface area contributed by atoms with Gasteiger partial charge in [0, 0.05) is 6.04 Å². The molecule has 0 amide bonds. The lowest BCUT2D eigenvalue weighted by Gasteiger charge is -2.14. The number of nitrogens with one attached hydrogen (secondary N) is 1. The van der Waals surface area contributed by atoms with E-state index >= 15 is 0 Å². The Morgan fingerprint density at radius 2 is 2.45 bits per heavy atom. The molecule has 1 saturated heterocycles. The molecule has 1 fully saturated rings. The lowest BCUT2D eigenvalue weighted by Crippen LogP contribution is -2.31. The van der Waals surface area contributed by atoms with Crippen LogP contribution in [-0.2, 0) is 9.53 Å². The summed E-state index contributed by atoms with van der Waals surface area (Å²) in [5.74, 6) is 0.0202. The molecule has 11 heavy (non-hydrogen) atoms. The van der Waals surface area contributed by atoms with E-state index in [2.05, 4.69) is 17.0 Å². The van der Waals surface area contributed by atoms with Crippen LogP contribution >= 0.6 is 0 Å². The number of hydrogen-bond donors (Lipinski definition) is 1. The fourth-order valence-corrected chi connectivity index (χ4v) is 1.63. The van der Waals surface area contributed by atoms with Crippen molar-refractivity contribution in [3.05, 3.63) is 0 Å². The topological polar surface area (TPSA) is 38.3 Å². The van der Waals surface area contributed by atoms with Crippen molar-refractivity contribution in [2.45, 2.75) is 25.8 Å². The average molecular weight is 157 g/mol. The van der Waals surface area contributed by atoms with Crippen LogP contribution < -0.4 is 5.32 Å². The van der Waals surface area contributed by atoms with E-state index in [0.29, 0.717) is 6.04 Å². The van der Waals surface area contributed by atoms with Gasteiger partial charge in [0.15, 0.2) is 0 Å². The molecule has 64 valence electrons. The minimum atomic E-state index is -0.0677. The van der Waals surface area contributed by atoms with Crippen LogP contribution in [0.3, 0.4) is 0 Å². The van der Waals surface area contributed by atoms with Gasteiger partial charge in [0.05, 0.1) is 13.0 Å². The number of ether oxygens (including phenoxy) is 1. The zero-order valence-electron chi connectivity index (χ0n) is 7.09. The molecular weight excluding hydrogens is 142 g/mol. The first-order chi connectivity index (χ1) is 5.29. The Balaban J connectivity index is 2.49. The lowest BCUT2D eigenvalue weighted by atomic mass is 9.99. The van der Waals surface area contributed by atoms with E-state index in [1.807, 2.05) is 0 Å². The molecule has 1 N–H and O–H groups in total. The minimum absolute atomic E-state index is 0.0677. The Kier molecular flexibility index (Phi) is 2.88. The summed E-state index contributed by atoms with van der Waals surface area (Å²) < 4.78 is 4.69. The zero-order chi connectivity index (χ0) is 8.27. The van der Waals surface area contributed by atoms with Crippen LogP contribution in [0.4, 0.5) is 0 Å². The van der Waals surface area contributed by atoms with Crippen molar-refractivity contribution in [1.82, 2.24) is 5.32 Å². The Morgan fingerprint density at radius 3 is 3.00 bits per heavy atom. The van der Waals surface area contributed by atoms with Crippen molar-refractivity contribution in [3.8, 4) is 0 Å². The summed E-state index contributed by atoms with van der Waals surface area (Å²) in [6.07, 6.45) is 1.92. The summed E-state index contributed by atoms with van der Waals surface area (Å²) in [4.78, 5) is 11.1. The van der Waals surface area contributed by atoms with Gasteiger partial charge in [-0.1, -0.05) is 6.92 Å². The minimum Gasteiger partial charge on any atom is -0.469 e. The van der Waals surface area contributed by atoms with Crippen LogP contribution in [0.15, 0.2) is 0 Å². The largest absolute Gasteiger partial charge is 0.469 e.